The van der Waals surface area contributed by atoms with Gasteiger partial charge in [0.2, 0.25) is 10.0 Å². The molecule has 2 fully saturated rings. The third-order valence-corrected chi connectivity index (χ3v) is 9.22. The first-order chi connectivity index (χ1) is 17.5. The third-order valence-electron chi connectivity index (χ3n) is 6.59. The zero-order chi connectivity index (χ0) is 26.7. The number of nitrogens with zero attached hydrogens (tertiary/aromatic N) is 1. The van der Waals surface area contributed by atoms with Crippen LogP contribution in [0.25, 0.3) is 0 Å². The number of amides is 1. The van der Waals surface area contributed by atoms with Gasteiger partial charge in [-0.3, -0.25) is 10.0 Å². The molecule has 2 saturated heterocycles. The van der Waals surface area contributed by atoms with Gasteiger partial charge in [0.1, 0.15) is 23.4 Å². The summed E-state index contributed by atoms with van der Waals surface area (Å²) in [6.45, 7) is 0.516. The average Bonchev–Trinajstić information content (AvgIpc) is 2.90. The van der Waals surface area contributed by atoms with Crippen LogP contribution in [0.4, 0.5) is 13.2 Å². The van der Waals surface area contributed by atoms with Gasteiger partial charge < -0.3 is 14.2 Å². The number of rotatable bonds is 7. The van der Waals surface area contributed by atoms with Crippen molar-refractivity contribution >= 4 is 15.9 Å². The average molecular weight is 545 g/mol. The van der Waals surface area contributed by atoms with Gasteiger partial charge in [-0.1, -0.05) is 0 Å². The van der Waals surface area contributed by atoms with Crippen molar-refractivity contribution in [2.45, 2.75) is 42.7 Å². The largest absolute Gasteiger partial charge is 0.490 e. The molecule has 2 aliphatic rings. The molecule has 2 aromatic rings. The van der Waals surface area contributed by atoms with Crippen molar-refractivity contribution < 1.29 is 45.8 Å². The molecule has 2 aliphatic heterocycles. The first kappa shape index (κ1) is 27.2. The molecule has 0 saturated carbocycles. The van der Waals surface area contributed by atoms with E-state index in [2.05, 4.69) is 0 Å². The van der Waals surface area contributed by atoms with Crippen LogP contribution in [0.5, 0.6) is 17.2 Å². The molecule has 1 amide bonds. The molecular formula is C24H27F3N2O7S. The van der Waals surface area contributed by atoms with E-state index in [1.54, 1.807) is 24.3 Å². The monoisotopic (exact) mass is 544 g/mol. The van der Waals surface area contributed by atoms with Crippen LogP contribution in [-0.4, -0.2) is 61.0 Å². The van der Waals surface area contributed by atoms with Crippen LogP contribution in [0.1, 0.15) is 31.2 Å². The summed E-state index contributed by atoms with van der Waals surface area (Å²) in [6.07, 6.45) is -3.96. The lowest BCUT2D eigenvalue weighted by Gasteiger charge is -2.40. The highest BCUT2D eigenvalue weighted by molar-refractivity contribution is 7.91. The molecule has 2 aromatic carbocycles. The van der Waals surface area contributed by atoms with Gasteiger partial charge in [0, 0.05) is 39.1 Å². The first-order valence-corrected chi connectivity index (χ1v) is 13.1. The Labute approximate surface area is 212 Å². The number of carbonyl (C=O) groups excluding carboxylic acids is 1. The lowest BCUT2D eigenvalue weighted by atomic mass is 9.98. The standard InChI is InChI=1S/C24H27F3N2O7S/c25-24(26,27)17-1-3-18(4-2-17)35-19-5-7-20(8-6-19)36-21-9-13-29(14-10-21)37(32,33)23(22(30)28-31)11-15-34-16-12-23/h1-8,21,31H,9-16H2,(H,28,30). The molecule has 0 bridgehead atoms. The molecule has 0 aromatic heterocycles. The number of benzene rings is 2. The minimum atomic E-state index is -4.42. The van der Waals surface area contributed by atoms with Crippen LogP contribution in [0.2, 0.25) is 0 Å². The second-order valence-corrected chi connectivity index (χ2v) is 11.1. The smallest absolute Gasteiger partial charge is 0.416 e. The summed E-state index contributed by atoms with van der Waals surface area (Å²) in [4.78, 5) is 12.4. The van der Waals surface area contributed by atoms with E-state index in [1.165, 1.54) is 21.9 Å². The highest BCUT2D eigenvalue weighted by Crippen LogP contribution is 2.35. The molecule has 0 atom stereocenters. The molecule has 9 nitrogen and oxygen atoms in total. The van der Waals surface area contributed by atoms with Crippen LogP contribution in [-0.2, 0) is 25.7 Å². The highest BCUT2D eigenvalue weighted by Gasteiger charge is 2.54. The van der Waals surface area contributed by atoms with Gasteiger partial charge in [-0.05, 0) is 61.4 Å². The summed E-state index contributed by atoms with van der Waals surface area (Å²) in [5.74, 6) is 0.249. The Bertz CT molecular complexity index is 1170. The van der Waals surface area contributed by atoms with Crippen molar-refractivity contribution in [3.05, 3.63) is 54.1 Å². The van der Waals surface area contributed by atoms with Crippen molar-refractivity contribution in [1.29, 1.82) is 0 Å². The zero-order valence-corrected chi connectivity index (χ0v) is 20.6. The predicted molar refractivity (Wildman–Crippen MR) is 125 cm³/mol. The van der Waals surface area contributed by atoms with E-state index in [-0.39, 0.29) is 51.0 Å². The number of ether oxygens (including phenoxy) is 3. The normalized spacial score (nSPS) is 19.2. The second kappa shape index (κ2) is 10.9. The van der Waals surface area contributed by atoms with Crippen LogP contribution < -0.4 is 15.0 Å². The Morgan fingerprint density at radius 2 is 1.49 bits per heavy atom. The van der Waals surface area contributed by atoms with E-state index in [1.807, 2.05) is 0 Å². The fourth-order valence-electron chi connectivity index (χ4n) is 4.47. The number of hydroxylamine groups is 1. The van der Waals surface area contributed by atoms with Crippen molar-refractivity contribution in [1.82, 2.24) is 9.79 Å². The van der Waals surface area contributed by atoms with Crippen molar-refractivity contribution in [3.8, 4) is 17.2 Å². The summed E-state index contributed by atoms with van der Waals surface area (Å²) in [5.41, 5.74) is 0.748. The number of sulfonamides is 1. The summed E-state index contributed by atoms with van der Waals surface area (Å²) in [7, 11) is -4.05. The Morgan fingerprint density at radius 3 is 2.00 bits per heavy atom. The van der Waals surface area contributed by atoms with Gasteiger partial charge in [0.05, 0.1) is 5.56 Å². The zero-order valence-electron chi connectivity index (χ0n) is 19.7. The SMILES string of the molecule is O=C(NO)C1(S(=O)(=O)N2CCC(Oc3ccc(Oc4ccc(C(F)(F)F)cc4)cc3)CC2)CCOCC1. The fourth-order valence-corrected chi connectivity index (χ4v) is 6.62. The van der Waals surface area contributed by atoms with E-state index < -0.39 is 32.4 Å². The summed E-state index contributed by atoms with van der Waals surface area (Å²) in [6, 6.07) is 10.9. The molecule has 4 rings (SSSR count). The first-order valence-electron chi connectivity index (χ1n) is 11.7. The van der Waals surface area contributed by atoms with Gasteiger partial charge in [0.25, 0.3) is 5.91 Å². The molecular weight excluding hydrogens is 517 g/mol. The lowest BCUT2D eigenvalue weighted by molar-refractivity contribution is -0.137. The highest BCUT2D eigenvalue weighted by atomic mass is 32.2. The molecule has 0 radical (unpaired) electrons. The molecule has 0 spiro atoms. The van der Waals surface area contributed by atoms with Gasteiger partial charge >= 0.3 is 6.18 Å². The number of alkyl halides is 3. The maximum Gasteiger partial charge on any atom is 0.416 e. The topological polar surface area (TPSA) is 114 Å². The molecule has 37 heavy (non-hydrogen) atoms. The van der Waals surface area contributed by atoms with Crippen molar-refractivity contribution in [2.75, 3.05) is 26.3 Å². The fraction of sp³-hybridized carbons (Fsp3) is 0.458. The Balaban J connectivity index is 1.33. The molecule has 0 unspecified atom stereocenters. The minimum absolute atomic E-state index is 0.0426. The van der Waals surface area contributed by atoms with Crippen LogP contribution >= 0.6 is 0 Å². The molecule has 202 valence electrons. The number of piperidine rings is 1. The minimum Gasteiger partial charge on any atom is -0.490 e. The quantitative estimate of drug-likeness (QED) is 0.403. The van der Waals surface area contributed by atoms with Crippen LogP contribution in [0.15, 0.2) is 48.5 Å². The number of nitrogens with one attached hydrogen (secondary N) is 1. The lowest BCUT2D eigenvalue weighted by Crippen LogP contribution is -2.60. The van der Waals surface area contributed by atoms with Crippen molar-refractivity contribution in [3.63, 3.8) is 0 Å². The third kappa shape index (κ3) is 5.84. The van der Waals surface area contributed by atoms with Gasteiger partial charge in [-0.25, -0.2) is 18.2 Å². The number of hydrogen-bond acceptors (Lipinski definition) is 7. The van der Waals surface area contributed by atoms with Crippen LogP contribution in [0.3, 0.4) is 0 Å². The van der Waals surface area contributed by atoms with E-state index in [9.17, 15) is 26.4 Å². The molecule has 2 heterocycles. The Kier molecular flexibility index (Phi) is 7.97. The van der Waals surface area contributed by atoms with E-state index in [4.69, 9.17) is 19.4 Å². The van der Waals surface area contributed by atoms with E-state index in [0.717, 1.165) is 12.1 Å². The van der Waals surface area contributed by atoms with E-state index in [0.29, 0.717) is 24.3 Å². The molecule has 2 N–H and O–H groups in total. The van der Waals surface area contributed by atoms with Crippen LogP contribution in [0, 0.1) is 0 Å². The summed E-state index contributed by atoms with van der Waals surface area (Å²) >= 11 is 0. The molecule has 0 aliphatic carbocycles. The maximum absolute atomic E-state index is 13.4. The summed E-state index contributed by atoms with van der Waals surface area (Å²) in [5, 5.41) is 9.17. The summed E-state index contributed by atoms with van der Waals surface area (Å²) < 4.78 is 81.1. The predicted octanol–water partition coefficient (Wildman–Crippen LogP) is 3.73. The number of carbonyl (C=O) groups is 1. The molecule has 13 heteroatoms. The number of hydrogen-bond donors (Lipinski definition) is 2. The van der Waals surface area contributed by atoms with E-state index >= 15 is 0 Å². The van der Waals surface area contributed by atoms with Crippen molar-refractivity contribution in [2.24, 2.45) is 0 Å². The van der Waals surface area contributed by atoms with Gasteiger partial charge in [0.15, 0.2) is 4.75 Å². The second-order valence-electron chi connectivity index (χ2n) is 8.86. The Morgan fingerprint density at radius 1 is 0.973 bits per heavy atom. The number of halogens is 3. The van der Waals surface area contributed by atoms with Gasteiger partial charge in [-0.15, -0.1) is 0 Å². The van der Waals surface area contributed by atoms with Gasteiger partial charge in [-0.2, -0.15) is 13.2 Å². The Hall–Kier alpha value is -2.87. The maximum atomic E-state index is 13.4.